The first-order valence-corrected chi connectivity index (χ1v) is 5.91. The first-order valence-electron chi connectivity index (χ1n) is 5.03. The summed E-state index contributed by atoms with van der Waals surface area (Å²) in [6.45, 7) is 2.04. The summed E-state index contributed by atoms with van der Waals surface area (Å²) in [6.07, 6.45) is 0.883. The van der Waals surface area contributed by atoms with E-state index in [9.17, 15) is 4.39 Å². The van der Waals surface area contributed by atoms with Gasteiger partial charge in [-0.25, -0.2) is 9.37 Å². The number of hydrogen-bond donors (Lipinski definition) is 0. The lowest BCUT2D eigenvalue weighted by Gasteiger charge is -2.05. The Hall–Kier alpha value is -1.42. The summed E-state index contributed by atoms with van der Waals surface area (Å²) < 4.78 is 18.4. The van der Waals surface area contributed by atoms with Gasteiger partial charge in [0.2, 0.25) is 0 Å². The van der Waals surface area contributed by atoms with E-state index in [0.29, 0.717) is 11.3 Å². The van der Waals surface area contributed by atoms with Crippen molar-refractivity contribution in [3.8, 4) is 16.3 Å². The minimum atomic E-state index is -0.274. The second-order valence-electron chi connectivity index (χ2n) is 3.34. The Morgan fingerprint density at radius 3 is 2.88 bits per heavy atom. The molecule has 0 spiro atoms. The molecule has 0 bridgehead atoms. The molecule has 84 valence electrons. The molecule has 1 heterocycles. The maximum atomic E-state index is 13.2. The number of ether oxygens (including phenoxy) is 1. The van der Waals surface area contributed by atoms with Crippen LogP contribution in [0.4, 0.5) is 4.39 Å². The predicted octanol–water partition coefficient (Wildman–Crippen LogP) is 3.52. The molecule has 16 heavy (non-hydrogen) atoms. The van der Waals surface area contributed by atoms with Crippen molar-refractivity contribution in [2.75, 3.05) is 7.11 Å². The van der Waals surface area contributed by atoms with E-state index in [1.165, 1.54) is 23.5 Å². The third kappa shape index (κ3) is 2.07. The molecule has 0 N–H and O–H groups in total. The van der Waals surface area contributed by atoms with Crippen LogP contribution < -0.4 is 4.74 Å². The maximum absolute atomic E-state index is 13.2. The Bertz CT molecular complexity index is 496. The summed E-state index contributed by atoms with van der Waals surface area (Å²) >= 11 is 1.51. The molecule has 0 atom stereocenters. The van der Waals surface area contributed by atoms with Gasteiger partial charge in [0.15, 0.2) is 0 Å². The molecule has 2 rings (SSSR count). The molecule has 0 aliphatic heterocycles. The number of halogens is 1. The molecular weight excluding hydrogens is 225 g/mol. The first-order chi connectivity index (χ1) is 7.74. The normalized spacial score (nSPS) is 10.4. The van der Waals surface area contributed by atoms with Crippen molar-refractivity contribution in [2.24, 2.45) is 0 Å². The van der Waals surface area contributed by atoms with Crippen molar-refractivity contribution in [2.45, 2.75) is 13.3 Å². The van der Waals surface area contributed by atoms with Gasteiger partial charge >= 0.3 is 0 Å². The molecule has 0 saturated carbocycles. The van der Waals surface area contributed by atoms with Crippen molar-refractivity contribution in [3.05, 3.63) is 35.1 Å². The molecule has 1 aromatic carbocycles. The summed E-state index contributed by atoms with van der Waals surface area (Å²) in [5, 5.41) is 2.79. The average molecular weight is 237 g/mol. The fourth-order valence-electron chi connectivity index (χ4n) is 1.44. The third-order valence-corrected chi connectivity index (χ3v) is 3.23. The predicted molar refractivity (Wildman–Crippen MR) is 63.4 cm³/mol. The molecular formula is C12H12FNOS. The Balaban J connectivity index is 2.49. The molecule has 0 amide bonds. The Morgan fingerprint density at radius 2 is 2.25 bits per heavy atom. The summed E-state index contributed by atoms with van der Waals surface area (Å²) in [5.74, 6) is 0.377. The van der Waals surface area contributed by atoms with Gasteiger partial charge in [0, 0.05) is 5.38 Å². The van der Waals surface area contributed by atoms with E-state index in [1.54, 1.807) is 13.2 Å². The van der Waals surface area contributed by atoms with E-state index in [4.69, 9.17) is 4.74 Å². The van der Waals surface area contributed by atoms with Crippen LogP contribution in [0, 0.1) is 5.82 Å². The van der Waals surface area contributed by atoms with Crippen molar-refractivity contribution in [1.82, 2.24) is 4.98 Å². The number of benzene rings is 1. The maximum Gasteiger partial charge on any atom is 0.129 e. The lowest BCUT2D eigenvalue weighted by molar-refractivity contribution is 0.415. The van der Waals surface area contributed by atoms with E-state index in [0.717, 1.165) is 17.1 Å². The Kier molecular flexibility index (Phi) is 3.19. The summed E-state index contributed by atoms with van der Waals surface area (Å²) in [7, 11) is 1.57. The summed E-state index contributed by atoms with van der Waals surface area (Å²) in [5.41, 5.74) is 1.73. The van der Waals surface area contributed by atoms with Gasteiger partial charge in [-0.2, -0.15) is 0 Å². The molecule has 0 aliphatic carbocycles. The van der Waals surface area contributed by atoms with Crippen LogP contribution in [0.1, 0.15) is 12.6 Å². The van der Waals surface area contributed by atoms with Gasteiger partial charge in [-0.05, 0) is 24.6 Å². The lowest BCUT2D eigenvalue weighted by atomic mass is 10.2. The van der Waals surface area contributed by atoms with Crippen molar-refractivity contribution < 1.29 is 9.13 Å². The Morgan fingerprint density at radius 1 is 1.44 bits per heavy atom. The van der Waals surface area contributed by atoms with Crippen molar-refractivity contribution in [1.29, 1.82) is 0 Å². The number of thiazole rings is 1. The summed E-state index contributed by atoms with van der Waals surface area (Å²) in [6, 6.07) is 4.46. The molecule has 0 aliphatic rings. The molecule has 1 aromatic heterocycles. The number of nitrogens with zero attached hydrogens (tertiary/aromatic N) is 1. The standard InChI is InChI=1S/C12H12FNOS/c1-3-9-7-16-12(14-9)10-6-8(13)4-5-11(10)15-2/h4-7H,3H2,1-2H3. The highest BCUT2D eigenvalue weighted by Gasteiger charge is 2.10. The van der Waals surface area contributed by atoms with E-state index in [-0.39, 0.29) is 5.82 Å². The number of methoxy groups -OCH3 is 1. The van der Waals surface area contributed by atoms with Crippen molar-refractivity contribution in [3.63, 3.8) is 0 Å². The van der Waals surface area contributed by atoms with Crippen LogP contribution in [-0.2, 0) is 6.42 Å². The molecule has 2 aromatic rings. The van der Waals surface area contributed by atoms with Gasteiger partial charge in [0.1, 0.15) is 16.6 Å². The van der Waals surface area contributed by atoms with Gasteiger partial charge in [-0.3, -0.25) is 0 Å². The van der Waals surface area contributed by atoms with Crippen LogP contribution in [0.15, 0.2) is 23.6 Å². The number of aryl methyl sites for hydroxylation is 1. The quantitative estimate of drug-likeness (QED) is 0.814. The van der Waals surface area contributed by atoms with Gasteiger partial charge < -0.3 is 4.74 Å². The number of aromatic nitrogens is 1. The van der Waals surface area contributed by atoms with Crippen LogP contribution in [0.2, 0.25) is 0 Å². The fraction of sp³-hybridized carbons (Fsp3) is 0.250. The fourth-order valence-corrected chi connectivity index (χ4v) is 2.36. The average Bonchev–Trinajstić information content (AvgIpc) is 2.77. The lowest BCUT2D eigenvalue weighted by Crippen LogP contribution is -1.89. The topological polar surface area (TPSA) is 22.1 Å². The molecule has 4 heteroatoms. The largest absolute Gasteiger partial charge is 0.496 e. The molecule has 0 unspecified atom stereocenters. The van der Waals surface area contributed by atoms with Gasteiger partial charge in [0.05, 0.1) is 18.4 Å². The van der Waals surface area contributed by atoms with Crippen LogP contribution in [0.3, 0.4) is 0 Å². The van der Waals surface area contributed by atoms with Crippen LogP contribution in [-0.4, -0.2) is 12.1 Å². The molecule has 2 nitrogen and oxygen atoms in total. The minimum absolute atomic E-state index is 0.274. The number of rotatable bonds is 3. The first kappa shape index (κ1) is 11.1. The zero-order valence-corrected chi connectivity index (χ0v) is 9.97. The highest BCUT2D eigenvalue weighted by molar-refractivity contribution is 7.13. The van der Waals surface area contributed by atoms with E-state index >= 15 is 0 Å². The Labute approximate surface area is 97.7 Å². The zero-order valence-electron chi connectivity index (χ0n) is 9.16. The smallest absolute Gasteiger partial charge is 0.129 e. The minimum Gasteiger partial charge on any atom is -0.496 e. The van der Waals surface area contributed by atoms with E-state index in [2.05, 4.69) is 4.98 Å². The SMILES string of the molecule is CCc1csc(-c2cc(F)ccc2OC)n1. The zero-order chi connectivity index (χ0) is 11.5. The molecule has 0 fully saturated rings. The van der Waals surface area contributed by atoms with Gasteiger partial charge in [-0.1, -0.05) is 6.92 Å². The monoisotopic (exact) mass is 237 g/mol. The van der Waals surface area contributed by atoms with Gasteiger partial charge in [-0.15, -0.1) is 11.3 Å². The highest BCUT2D eigenvalue weighted by Crippen LogP contribution is 2.32. The second-order valence-corrected chi connectivity index (χ2v) is 4.20. The van der Waals surface area contributed by atoms with Crippen LogP contribution in [0.25, 0.3) is 10.6 Å². The second kappa shape index (κ2) is 4.61. The van der Waals surface area contributed by atoms with E-state index < -0.39 is 0 Å². The van der Waals surface area contributed by atoms with Crippen molar-refractivity contribution >= 4 is 11.3 Å². The van der Waals surface area contributed by atoms with Crippen LogP contribution >= 0.6 is 11.3 Å². The molecule has 0 saturated heterocycles. The van der Waals surface area contributed by atoms with Crippen LogP contribution in [0.5, 0.6) is 5.75 Å². The summed E-state index contributed by atoms with van der Waals surface area (Å²) in [4.78, 5) is 4.42. The van der Waals surface area contributed by atoms with Gasteiger partial charge in [0.25, 0.3) is 0 Å². The van der Waals surface area contributed by atoms with E-state index in [1.807, 2.05) is 12.3 Å². The highest BCUT2D eigenvalue weighted by atomic mass is 32.1. The number of hydrogen-bond acceptors (Lipinski definition) is 3. The molecule has 0 radical (unpaired) electrons. The third-order valence-electron chi connectivity index (χ3n) is 2.31.